The highest BCUT2D eigenvalue weighted by atomic mass is 32.1. The fraction of sp³-hybridized carbons (Fsp3) is 0.368. The highest BCUT2D eigenvalue weighted by Gasteiger charge is 2.20. The third-order valence-corrected chi connectivity index (χ3v) is 5.61. The summed E-state index contributed by atoms with van der Waals surface area (Å²) in [6.07, 6.45) is 6.42. The van der Waals surface area contributed by atoms with Crippen LogP contribution in [0.4, 0.5) is 0 Å². The summed E-state index contributed by atoms with van der Waals surface area (Å²) in [4.78, 5) is 7.35. The highest BCUT2D eigenvalue weighted by molar-refractivity contribution is 7.13. The van der Waals surface area contributed by atoms with E-state index in [0.717, 1.165) is 37.1 Å². The van der Waals surface area contributed by atoms with Crippen molar-refractivity contribution in [2.75, 3.05) is 13.1 Å². The summed E-state index contributed by atoms with van der Waals surface area (Å²) in [5.74, 6) is 0.747. The molecule has 5 heteroatoms. The molecular formula is C19H22N4S. The zero-order valence-corrected chi connectivity index (χ0v) is 14.5. The second kappa shape index (κ2) is 7.28. The number of rotatable bonds is 5. The molecule has 0 amide bonds. The van der Waals surface area contributed by atoms with Gasteiger partial charge in [0, 0.05) is 36.4 Å². The SMILES string of the molecule is c1ccc(-c2nc(CN3CCC(Cn4cccn4)CC3)cs2)cc1. The topological polar surface area (TPSA) is 34.0 Å². The van der Waals surface area contributed by atoms with Gasteiger partial charge < -0.3 is 0 Å². The van der Waals surface area contributed by atoms with Crippen LogP contribution in [0.25, 0.3) is 10.6 Å². The lowest BCUT2D eigenvalue weighted by molar-refractivity contribution is 0.163. The monoisotopic (exact) mass is 338 g/mol. The number of benzene rings is 1. The van der Waals surface area contributed by atoms with Crippen LogP contribution in [0.2, 0.25) is 0 Å². The van der Waals surface area contributed by atoms with Crippen molar-refractivity contribution in [3.63, 3.8) is 0 Å². The fourth-order valence-electron chi connectivity index (χ4n) is 3.32. The van der Waals surface area contributed by atoms with Crippen LogP contribution in [-0.4, -0.2) is 32.8 Å². The molecule has 24 heavy (non-hydrogen) atoms. The van der Waals surface area contributed by atoms with Gasteiger partial charge in [-0.3, -0.25) is 9.58 Å². The minimum atomic E-state index is 0.747. The molecule has 4 rings (SSSR count). The fourth-order valence-corrected chi connectivity index (χ4v) is 4.14. The third kappa shape index (κ3) is 3.74. The molecular weight excluding hydrogens is 316 g/mol. The van der Waals surface area contributed by atoms with Gasteiger partial charge in [-0.1, -0.05) is 30.3 Å². The molecule has 0 spiro atoms. The largest absolute Gasteiger partial charge is 0.297 e. The van der Waals surface area contributed by atoms with Crippen molar-refractivity contribution in [1.29, 1.82) is 0 Å². The van der Waals surface area contributed by atoms with Gasteiger partial charge in [-0.2, -0.15) is 5.10 Å². The predicted octanol–water partition coefficient (Wildman–Crippen LogP) is 3.92. The van der Waals surface area contributed by atoms with Gasteiger partial charge in [0.05, 0.1) is 5.69 Å². The van der Waals surface area contributed by atoms with Crippen LogP contribution >= 0.6 is 11.3 Å². The number of hydrogen-bond donors (Lipinski definition) is 0. The van der Waals surface area contributed by atoms with E-state index in [4.69, 9.17) is 4.98 Å². The van der Waals surface area contributed by atoms with Gasteiger partial charge in [0.25, 0.3) is 0 Å². The molecule has 3 aromatic rings. The molecule has 0 saturated carbocycles. The Morgan fingerprint density at radius 2 is 1.92 bits per heavy atom. The van der Waals surface area contributed by atoms with Crippen molar-refractivity contribution in [3.8, 4) is 10.6 Å². The Labute approximate surface area is 146 Å². The molecule has 3 heterocycles. The van der Waals surface area contributed by atoms with E-state index in [9.17, 15) is 0 Å². The van der Waals surface area contributed by atoms with Gasteiger partial charge in [0.2, 0.25) is 0 Å². The minimum absolute atomic E-state index is 0.747. The maximum atomic E-state index is 4.82. The third-order valence-electron chi connectivity index (χ3n) is 4.67. The van der Waals surface area contributed by atoms with Crippen molar-refractivity contribution < 1.29 is 0 Å². The van der Waals surface area contributed by atoms with Crippen molar-refractivity contribution in [1.82, 2.24) is 19.7 Å². The molecule has 2 aromatic heterocycles. The molecule has 0 aliphatic carbocycles. The molecule has 124 valence electrons. The first kappa shape index (κ1) is 15.5. The Morgan fingerprint density at radius 1 is 1.08 bits per heavy atom. The zero-order valence-electron chi connectivity index (χ0n) is 13.7. The van der Waals surface area contributed by atoms with E-state index < -0.39 is 0 Å². The maximum absolute atomic E-state index is 4.82. The van der Waals surface area contributed by atoms with Gasteiger partial charge >= 0.3 is 0 Å². The van der Waals surface area contributed by atoms with Gasteiger partial charge in [-0.25, -0.2) is 4.98 Å². The Kier molecular flexibility index (Phi) is 4.71. The van der Waals surface area contributed by atoms with E-state index in [1.54, 1.807) is 11.3 Å². The number of hydrogen-bond acceptors (Lipinski definition) is 4. The molecule has 1 fully saturated rings. The maximum Gasteiger partial charge on any atom is 0.123 e. The van der Waals surface area contributed by atoms with Crippen molar-refractivity contribution in [2.45, 2.75) is 25.9 Å². The summed E-state index contributed by atoms with van der Waals surface area (Å²) in [5.41, 5.74) is 2.41. The lowest BCUT2D eigenvalue weighted by atomic mass is 9.97. The van der Waals surface area contributed by atoms with Gasteiger partial charge in [0.1, 0.15) is 5.01 Å². The molecule has 0 unspecified atom stereocenters. The molecule has 0 radical (unpaired) electrons. The van der Waals surface area contributed by atoms with E-state index >= 15 is 0 Å². The first-order valence-corrected chi connectivity index (χ1v) is 9.44. The lowest BCUT2D eigenvalue weighted by Crippen LogP contribution is -2.34. The average molecular weight is 338 g/mol. The summed E-state index contributed by atoms with van der Waals surface area (Å²) in [6, 6.07) is 12.4. The van der Waals surface area contributed by atoms with Crippen molar-refractivity contribution in [2.24, 2.45) is 5.92 Å². The molecule has 0 bridgehead atoms. The van der Waals surface area contributed by atoms with Crippen LogP contribution in [0.1, 0.15) is 18.5 Å². The van der Waals surface area contributed by atoms with Crippen LogP contribution in [0.3, 0.4) is 0 Å². The Hall–Kier alpha value is -1.98. The Morgan fingerprint density at radius 3 is 2.67 bits per heavy atom. The number of aromatic nitrogens is 3. The smallest absolute Gasteiger partial charge is 0.123 e. The second-order valence-electron chi connectivity index (χ2n) is 6.46. The van der Waals surface area contributed by atoms with Crippen LogP contribution in [-0.2, 0) is 13.1 Å². The molecule has 1 aromatic carbocycles. The van der Waals surface area contributed by atoms with Crippen LogP contribution in [0.5, 0.6) is 0 Å². The summed E-state index contributed by atoms with van der Waals surface area (Å²) in [7, 11) is 0. The van der Waals surface area contributed by atoms with Gasteiger partial charge in [-0.15, -0.1) is 11.3 Å². The van der Waals surface area contributed by atoms with E-state index in [-0.39, 0.29) is 0 Å². The Bertz CT molecular complexity index is 743. The summed E-state index contributed by atoms with van der Waals surface area (Å²) < 4.78 is 2.06. The van der Waals surface area contributed by atoms with Crippen molar-refractivity contribution >= 4 is 11.3 Å². The number of nitrogens with zero attached hydrogens (tertiary/aromatic N) is 4. The second-order valence-corrected chi connectivity index (χ2v) is 7.32. The molecule has 1 aliphatic heterocycles. The molecule has 0 N–H and O–H groups in total. The van der Waals surface area contributed by atoms with Gasteiger partial charge in [-0.05, 0) is 37.9 Å². The van der Waals surface area contributed by atoms with E-state index in [1.807, 2.05) is 18.3 Å². The highest BCUT2D eigenvalue weighted by Crippen LogP contribution is 2.25. The summed E-state index contributed by atoms with van der Waals surface area (Å²) in [5, 5.41) is 7.65. The Balaban J connectivity index is 1.30. The summed E-state index contributed by atoms with van der Waals surface area (Å²) >= 11 is 1.75. The first-order chi connectivity index (χ1) is 11.9. The van der Waals surface area contributed by atoms with E-state index in [0.29, 0.717) is 0 Å². The minimum Gasteiger partial charge on any atom is -0.297 e. The van der Waals surface area contributed by atoms with Crippen molar-refractivity contribution in [3.05, 3.63) is 59.9 Å². The number of thiazole rings is 1. The molecule has 1 aliphatic rings. The van der Waals surface area contributed by atoms with Gasteiger partial charge in [0.15, 0.2) is 0 Å². The zero-order chi connectivity index (χ0) is 16.2. The van der Waals surface area contributed by atoms with E-state index in [1.165, 1.54) is 24.1 Å². The molecule has 0 atom stereocenters. The van der Waals surface area contributed by atoms with Crippen LogP contribution in [0.15, 0.2) is 54.2 Å². The normalized spacial score (nSPS) is 16.5. The number of likely N-dealkylation sites (tertiary alicyclic amines) is 1. The molecule has 1 saturated heterocycles. The lowest BCUT2D eigenvalue weighted by Gasteiger charge is -2.31. The molecule has 4 nitrogen and oxygen atoms in total. The van der Waals surface area contributed by atoms with Crippen LogP contribution < -0.4 is 0 Å². The first-order valence-electron chi connectivity index (χ1n) is 8.56. The number of piperidine rings is 1. The standard InChI is InChI=1S/C19H22N4S/c1-2-5-17(6-3-1)19-21-18(15-24-19)14-22-11-7-16(8-12-22)13-23-10-4-9-20-23/h1-6,9-10,15-16H,7-8,11-14H2. The summed E-state index contributed by atoms with van der Waals surface area (Å²) in [6.45, 7) is 4.34. The quantitative estimate of drug-likeness (QED) is 0.707. The predicted molar refractivity (Wildman–Crippen MR) is 97.8 cm³/mol. The van der Waals surface area contributed by atoms with Crippen LogP contribution in [0, 0.1) is 5.92 Å². The van der Waals surface area contributed by atoms with E-state index in [2.05, 4.69) is 50.5 Å². The average Bonchev–Trinajstić information content (AvgIpc) is 3.29.